The molecule has 0 aliphatic rings. The van der Waals surface area contributed by atoms with Crippen molar-refractivity contribution in [2.75, 3.05) is 0 Å². The maximum Gasteiger partial charge on any atom is 0.329 e. The lowest BCUT2D eigenvalue weighted by molar-refractivity contribution is -0.145. The number of aliphatic hydroxyl groups is 1. The molecule has 0 unspecified atom stereocenters. The van der Waals surface area contributed by atoms with E-state index in [9.17, 15) is 19.8 Å². The maximum absolute atomic E-state index is 12.0. The lowest BCUT2D eigenvalue weighted by Crippen LogP contribution is -2.45. The smallest absolute Gasteiger partial charge is 0.329 e. The second-order valence-corrected chi connectivity index (χ2v) is 4.90. The van der Waals surface area contributed by atoms with Crippen LogP contribution in [0.3, 0.4) is 0 Å². The molecule has 0 radical (unpaired) electrons. The Kier molecular flexibility index (Phi) is 5.27. The van der Waals surface area contributed by atoms with E-state index < -0.39 is 24.0 Å². The Morgan fingerprint density at radius 1 is 0.955 bits per heavy atom. The van der Waals surface area contributed by atoms with Gasteiger partial charge in [0.1, 0.15) is 6.10 Å². The van der Waals surface area contributed by atoms with E-state index in [1.807, 2.05) is 6.07 Å². The van der Waals surface area contributed by atoms with Crippen molar-refractivity contribution in [3.63, 3.8) is 0 Å². The topological polar surface area (TPSA) is 86.6 Å². The molecular weight excluding hydrogens is 282 g/mol. The number of aliphatic carboxylic acids is 1. The van der Waals surface area contributed by atoms with Gasteiger partial charge >= 0.3 is 5.97 Å². The highest BCUT2D eigenvalue weighted by Crippen LogP contribution is 2.17. The Balaban J connectivity index is 2.06. The lowest BCUT2D eigenvalue weighted by atomic mass is 10.0. The molecule has 22 heavy (non-hydrogen) atoms. The van der Waals surface area contributed by atoms with E-state index in [4.69, 9.17) is 0 Å². The van der Waals surface area contributed by atoms with Crippen LogP contribution in [0.2, 0.25) is 0 Å². The summed E-state index contributed by atoms with van der Waals surface area (Å²) < 4.78 is 0. The minimum Gasteiger partial charge on any atom is -0.480 e. The summed E-state index contributed by atoms with van der Waals surface area (Å²) in [6.07, 6.45) is -1.25. The van der Waals surface area contributed by atoms with Gasteiger partial charge in [-0.3, -0.25) is 4.79 Å². The Morgan fingerprint density at radius 3 is 2.05 bits per heavy atom. The van der Waals surface area contributed by atoms with Gasteiger partial charge in [0.15, 0.2) is 6.04 Å². The van der Waals surface area contributed by atoms with Crippen LogP contribution in [0.5, 0.6) is 0 Å². The van der Waals surface area contributed by atoms with E-state index in [2.05, 4.69) is 5.32 Å². The third-order valence-corrected chi connectivity index (χ3v) is 3.25. The number of carbonyl (C=O) groups is 2. The molecule has 2 aromatic carbocycles. The number of aliphatic hydroxyl groups excluding tert-OH is 1. The molecule has 1 amide bonds. The molecule has 0 saturated carbocycles. The Hall–Kier alpha value is -2.66. The summed E-state index contributed by atoms with van der Waals surface area (Å²) in [5, 5.41) is 21.8. The largest absolute Gasteiger partial charge is 0.480 e. The molecule has 0 bridgehead atoms. The minimum absolute atomic E-state index is 0.0616. The molecule has 2 aromatic rings. The van der Waals surface area contributed by atoms with E-state index in [0.29, 0.717) is 5.56 Å². The summed E-state index contributed by atoms with van der Waals surface area (Å²) >= 11 is 0. The van der Waals surface area contributed by atoms with Crippen LogP contribution in [0.4, 0.5) is 0 Å². The summed E-state index contributed by atoms with van der Waals surface area (Å²) in [6, 6.07) is 16.0. The number of hydrogen-bond acceptors (Lipinski definition) is 3. The molecule has 0 spiro atoms. The predicted octanol–water partition coefficient (Wildman–Crippen LogP) is 1.53. The molecule has 0 fully saturated rings. The Bertz CT molecular complexity index is 628. The molecule has 0 aromatic heterocycles. The molecular formula is C17H17NO4. The number of nitrogens with one attached hydrogen (secondary N) is 1. The van der Waals surface area contributed by atoms with Crippen molar-refractivity contribution in [3.8, 4) is 0 Å². The van der Waals surface area contributed by atoms with Crippen LogP contribution in [0.25, 0.3) is 0 Å². The zero-order chi connectivity index (χ0) is 15.9. The van der Waals surface area contributed by atoms with Gasteiger partial charge in [-0.2, -0.15) is 0 Å². The summed E-state index contributed by atoms with van der Waals surface area (Å²) in [5.41, 5.74) is 1.22. The molecule has 0 aliphatic heterocycles. The molecule has 0 aliphatic carbocycles. The number of benzene rings is 2. The van der Waals surface area contributed by atoms with E-state index in [-0.39, 0.29) is 6.42 Å². The van der Waals surface area contributed by atoms with Gasteiger partial charge in [0.25, 0.3) is 0 Å². The lowest BCUT2D eigenvalue weighted by Gasteiger charge is -2.20. The highest BCUT2D eigenvalue weighted by Gasteiger charge is 2.29. The second kappa shape index (κ2) is 7.38. The SMILES string of the molecule is O=C(Cc1ccccc1)N[C@H](C(=O)O)[C@H](O)c1ccccc1. The quantitative estimate of drug-likeness (QED) is 0.755. The summed E-state index contributed by atoms with van der Waals surface area (Å²) in [4.78, 5) is 23.3. The van der Waals surface area contributed by atoms with Crippen molar-refractivity contribution in [1.29, 1.82) is 0 Å². The van der Waals surface area contributed by atoms with Gasteiger partial charge in [-0.15, -0.1) is 0 Å². The van der Waals surface area contributed by atoms with E-state index in [1.165, 1.54) is 0 Å². The van der Waals surface area contributed by atoms with E-state index >= 15 is 0 Å². The van der Waals surface area contributed by atoms with Crippen LogP contribution < -0.4 is 5.32 Å². The maximum atomic E-state index is 12.0. The molecule has 5 heteroatoms. The fraction of sp³-hybridized carbons (Fsp3) is 0.176. The second-order valence-electron chi connectivity index (χ2n) is 4.90. The standard InChI is InChI=1S/C17H17NO4/c19-14(11-12-7-3-1-4-8-12)18-15(17(21)22)16(20)13-9-5-2-6-10-13/h1-10,15-16,20H,11H2,(H,18,19)(H,21,22)/t15-,16+/m0/s1. The Labute approximate surface area is 128 Å². The number of hydrogen-bond donors (Lipinski definition) is 3. The molecule has 2 rings (SSSR count). The van der Waals surface area contributed by atoms with Gasteiger partial charge in [-0.25, -0.2) is 4.79 Å². The van der Waals surface area contributed by atoms with Crippen molar-refractivity contribution >= 4 is 11.9 Å². The molecule has 0 saturated heterocycles. The average molecular weight is 299 g/mol. The zero-order valence-corrected chi connectivity index (χ0v) is 11.8. The molecule has 5 nitrogen and oxygen atoms in total. The van der Waals surface area contributed by atoms with Gasteiger partial charge in [0.05, 0.1) is 6.42 Å². The number of carboxylic acid groups (broad SMARTS) is 1. The fourth-order valence-corrected chi connectivity index (χ4v) is 2.12. The first-order valence-corrected chi connectivity index (χ1v) is 6.87. The van der Waals surface area contributed by atoms with E-state index in [1.54, 1.807) is 54.6 Å². The first-order valence-electron chi connectivity index (χ1n) is 6.87. The van der Waals surface area contributed by atoms with Gasteiger partial charge in [0, 0.05) is 0 Å². The van der Waals surface area contributed by atoms with Crippen LogP contribution in [0, 0.1) is 0 Å². The number of carbonyl (C=O) groups excluding carboxylic acids is 1. The highest BCUT2D eigenvalue weighted by molar-refractivity contribution is 5.85. The van der Waals surface area contributed by atoms with Crippen molar-refractivity contribution in [2.45, 2.75) is 18.6 Å². The van der Waals surface area contributed by atoms with Gasteiger partial charge in [-0.05, 0) is 11.1 Å². The van der Waals surface area contributed by atoms with Crippen LogP contribution in [0.1, 0.15) is 17.2 Å². The first kappa shape index (κ1) is 15.7. The number of rotatable bonds is 6. The van der Waals surface area contributed by atoms with Crippen LogP contribution in [-0.4, -0.2) is 28.1 Å². The normalized spacial score (nSPS) is 13.1. The van der Waals surface area contributed by atoms with Crippen LogP contribution >= 0.6 is 0 Å². The van der Waals surface area contributed by atoms with Crippen molar-refractivity contribution in [2.24, 2.45) is 0 Å². The van der Waals surface area contributed by atoms with Gasteiger partial charge in [0.2, 0.25) is 5.91 Å². The van der Waals surface area contributed by atoms with Crippen molar-refractivity contribution < 1.29 is 19.8 Å². The predicted molar refractivity (Wildman–Crippen MR) is 81.1 cm³/mol. The molecule has 2 atom stereocenters. The van der Waals surface area contributed by atoms with Crippen molar-refractivity contribution in [1.82, 2.24) is 5.32 Å². The summed E-state index contributed by atoms with van der Waals surface area (Å²) in [7, 11) is 0. The zero-order valence-electron chi connectivity index (χ0n) is 11.8. The number of carboxylic acids is 1. The monoisotopic (exact) mass is 299 g/mol. The van der Waals surface area contributed by atoms with Crippen molar-refractivity contribution in [3.05, 3.63) is 71.8 Å². The van der Waals surface area contributed by atoms with Crippen LogP contribution in [-0.2, 0) is 16.0 Å². The summed E-state index contributed by atoms with van der Waals surface area (Å²) in [6.45, 7) is 0. The average Bonchev–Trinajstić information content (AvgIpc) is 2.53. The third-order valence-electron chi connectivity index (χ3n) is 3.25. The Morgan fingerprint density at radius 2 is 1.50 bits per heavy atom. The summed E-state index contributed by atoms with van der Waals surface area (Å²) in [5.74, 6) is -1.73. The number of amides is 1. The third kappa shape index (κ3) is 4.17. The molecule has 0 heterocycles. The molecule has 114 valence electrons. The van der Waals surface area contributed by atoms with Crippen LogP contribution in [0.15, 0.2) is 60.7 Å². The first-order chi connectivity index (χ1) is 10.6. The fourth-order valence-electron chi connectivity index (χ4n) is 2.12. The van der Waals surface area contributed by atoms with Gasteiger partial charge in [-0.1, -0.05) is 60.7 Å². The highest BCUT2D eigenvalue weighted by atomic mass is 16.4. The van der Waals surface area contributed by atoms with E-state index in [0.717, 1.165) is 5.56 Å². The minimum atomic E-state index is -1.39. The van der Waals surface area contributed by atoms with Gasteiger partial charge < -0.3 is 15.5 Å². The molecule has 3 N–H and O–H groups in total.